The predicted octanol–water partition coefficient (Wildman–Crippen LogP) is -0.289. The van der Waals surface area contributed by atoms with E-state index in [0.717, 1.165) is 26.2 Å². The highest BCUT2D eigenvalue weighted by Gasteiger charge is 2.29. The number of amides is 1. The summed E-state index contributed by atoms with van der Waals surface area (Å²) in [5.41, 5.74) is 0. The molecule has 0 N–H and O–H groups in total. The zero-order chi connectivity index (χ0) is 10.7. The van der Waals surface area contributed by atoms with Crippen LogP contribution in [0.3, 0.4) is 0 Å². The first-order valence-electron chi connectivity index (χ1n) is 5.20. The Morgan fingerprint density at radius 3 is 2.64 bits per heavy atom. The Hall–Kier alpha value is -0.610. The van der Waals surface area contributed by atoms with Crippen LogP contribution in [0.1, 0.15) is 6.92 Å². The van der Waals surface area contributed by atoms with Crippen LogP contribution in [-0.2, 0) is 4.79 Å². The normalized spacial score (nSPS) is 25.0. The van der Waals surface area contributed by atoms with Crippen molar-refractivity contribution in [3.05, 3.63) is 0 Å². The zero-order valence-corrected chi connectivity index (χ0v) is 9.66. The van der Waals surface area contributed by atoms with Gasteiger partial charge in [0.1, 0.15) is 6.04 Å². The van der Waals surface area contributed by atoms with Gasteiger partial charge < -0.3 is 9.80 Å². The lowest BCUT2D eigenvalue weighted by Crippen LogP contribution is -2.56. The molecule has 0 aromatic rings. The van der Waals surface area contributed by atoms with Crippen LogP contribution in [0, 0.1) is 0 Å². The van der Waals surface area contributed by atoms with Crippen molar-refractivity contribution < 1.29 is 4.79 Å². The molecule has 1 atom stereocenters. The van der Waals surface area contributed by atoms with Crippen molar-refractivity contribution in [3.8, 4) is 0 Å². The van der Waals surface area contributed by atoms with Crippen molar-refractivity contribution in [1.82, 2.24) is 14.7 Å². The maximum atomic E-state index is 11.9. The van der Waals surface area contributed by atoms with Crippen LogP contribution >= 0.6 is 0 Å². The minimum absolute atomic E-state index is 0.0405. The van der Waals surface area contributed by atoms with E-state index in [0.29, 0.717) is 0 Å². The molecule has 1 saturated heterocycles. The van der Waals surface area contributed by atoms with Crippen LogP contribution in [0.4, 0.5) is 0 Å². The second-order valence-corrected chi connectivity index (χ2v) is 4.11. The molecule has 0 aliphatic carbocycles. The molecule has 1 aliphatic rings. The lowest BCUT2D eigenvalue weighted by Gasteiger charge is -2.38. The second kappa shape index (κ2) is 4.75. The minimum atomic E-state index is 0.0405. The molecule has 1 rings (SSSR count). The third-order valence-corrected chi connectivity index (χ3v) is 2.99. The van der Waals surface area contributed by atoms with Crippen molar-refractivity contribution >= 4 is 5.91 Å². The van der Waals surface area contributed by atoms with Gasteiger partial charge in [-0.25, -0.2) is 0 Å². The molecule has 14 heavy (non-hydrogen) atoms. The summed E-state index contributed by atoms with van der Waals surface area (Å²) >= 11 is 0. The van der Waals surface area contributed by atoms with Gasteiger partial charge >= 0.3 is 0 Å². The van der Waals surface area contributed by atoms with Gasteiger partial charge in [-0.15, -0.1) is 0 Å². The van der Waals surface area contributed by atoms with E-state index in [1.807, 2.05) is 21.0 Å². The summed E-state index contributed by atoms with van der Waals surface area (Å²) in [5, 5.41) is 0. The fourth-order valence-corrected chi connectivity index (χ4v) is 1.69. The van der Waals surface area contributed by atoms with Crippen LogP contribution in [0.15, 0.2) is 0 Å². The Morgan fingerprint density at radius 2 is 2.07 bits per heavy atom. The number of carbonyl (C=O) groups is 1. The highest BCUT2D eigenvalue weighted by Crippen LogP contribution is 2.08. The Balaban J connectivity index is 2.60. The summed E-state index contributed by atoms with van der Waals surface area (Å²) in [7, 11) is 5.96. The van der Waals surface area contributed by atoms with E-state index in [-0.39, 0.29) is 11.9 Å². The molecule has 1 aliphatic heterocycles. The Labute approximate surface area is 86.5 Å². The third-order valence-electron chi connectivity index (χ3n) is 2.99. The first kappa shape index (κ1) is 11.5. The van der Waals surface area contributed by atoms with Crippen LogP contribution in [0.25, 0.3) is 0 Å². The molecule has 1 unspecified atom stereocenters. The fourth-order valence-electron chi connectivity index (χ4n) is 1.69. The smallest absolute Gasteiger partial charge is 0.240 e. The number of nitrogens with zero attached hydrogens (tertiary/aromatic N) is 3. The van der Waals surface area contributed by atoms with Crippen LogP contribution in [0.5, 0.6) is 0 Å². The molecule has 1 heterocycles. The van der Waals surface area contributed by atoms with E-state index in [2.05, 4.69) is 16.8 Å². The molecule has 82 valence electrons. The average molecular weight is 199 g/mol. The summed E-state index contributed by atoms with van der Waals surface area (Å²) in [6, 6.07) is 0.0405. The molecule has 0 bridgehead atoms. The molecule has 1 fully saturated rings. The average Bonchev–Trinajstić information content (AvgIpc) is 2.19. The molecule has 4 nitrogen and oxygen atoms in total. The number of piperazine rings is 1. The number of hydrogen-bond acceptors (Lipinski definition) is 3. The zero-order valence-electron chi connectivity index (χ0n) is 9.66. The minimum Gasteiger partial charge on any atom is -0.345 e. The van der Waals surface area contributed by atoms with Crippen LogP contribution < -0.4 is 0 Å². The van der Waals surface area contributed by atoms with Crippen molar-refractivity contribution in [3.63, 3.8) is 0 Å². The highest BCUT2D eigenvalue weighted by atomic mass is 16.2. The fraction of sp³-hybridized carbons (Fsp3) is 0.900. The summed E-state index contributed by atoms with van der Waals surface area (Å²) in [6.07, 6.45) is 0. The number of hydrogen-bond donors (Lipinski definition) is 0. The molecule has 0 spiro atoms. The van der Waals surface area contributed by atoms with Gasteiger partial charge in [0.15, 0.2) is 0 Å². The number of rotatable bonds is 2. The van der Waals surface area contributed by atoms with Crippen molar-refractivity contribution in [2.75, 3.05) is 47.3 Å². The van der Waals surface area contributed by atoms with Crippen molar-refractivity contribution in [1.29, 1.82) is 0 Å². The molecule has 0 aromatic heterocycles. The van der Waals surface area contributed by atoms with Gasteiger partial charge in [0.2, 0.25) is 5.91 Å². The van der Waals surface area contributed by atoms with Crippen LogP contribution in [0.2, 0.25) is 0 Å². The maximum absolute atomic E-state index is 11.9. The van der Waals surface area contributed by atoms with E-state index in [1.165, 1.54) is 0 Å². The molecule has 0 aromatic carbocycles. The SMILES string of the molecule is CCN(C)C(=O)C1CN(C)CCN1C. The van der Waals surface area contributed by atoms with E-state index in [9.17, 15) is 4.79 Å². The lowest BCUT2D eigenvalue weighted by atomic mass is 10.1. The molecule has 1 amide bonds. The molecular weight excluding hydrogens is 178 g/mol. The van der Waals surface area contributed by atoms with Crippen LogP contribution in [-0.4, -0.2) is 74.0 Å². The van der Waals surface area contributed by atoms with E-state index in [1.54, 1.807) is 4.90 Å². The van der Waals surface area contributed by atoms with E-state index >= 15 is 0 Å². The van der Waals surface area contributed by atoms with Gasteiger partial charge in [-0.05, 0) is 21.0 Å². The van der Waals surface area contributed by atoms with Gasteiger partial charge in [-0.1, -0.05) is 0 Å². The maximum Gasteiger partial charge on any atom is 0.240 e. The molecule has 0 radical (unpaired) electrons. The number of carbonyl (C=O) groups excluding carboxylic acids is 1. The van der Waals surface area contributed by atoms with E-state index in [4.69, 9.17) is 0 Å². The predicted molar refractivity (Wildman–Crippen MR) is 57.2 cm³/mol. The summed E-state index contributed by atoms with van der Waals surface area (Å²) < 4.78 is 0. The molecule has 4 heteroatoms. The Bertz CT molecular complexity index is 208. The first-order valence-corrected chi connectivity index (χ1v) is 5.20. The van der Waals surface area contributed by atoms with Gasteiger partial charge in [-0.2, -0.15) is 0 Å². The van der Waals surface area contributed by atoms with Crippen molar-refractivity contribution in [2.24, 2.45) is 0 Å². The summed E-state index contributed by atoms with van der Waals surface area (Å²) in [6.45, 7) is 5.66. The van der Waals surface area contributed by atoms with Crippen molar-refractivity contribution in [2.45, 2.75) is 13.0 Å². The monoisotopic (exact) mass is 199 g/mol. The standard InChI is InChI=1S/C10H21N3O/c1-5-12(3)10(14)9-8-11(2)6-7-13(9)4/h9H,5-8H2,1-4H3. The van der Waals surface area contributed by atoms with E-state index < -0.39 is 0 Å². The molecular formula is C10H21N3O. The summed E-state index contributed by atoms with van der Waals surface area (Å²) in [5.74, 6) is 0.238. The lowest BCUT2D eigenvalue weighted by molar-refractivity contribution is -0.137. The van der Waals surface area contributed by atoms with Gasteiger partial charge in [0.05, 0.1) is 0 Å². The second-order valence-electron chi connectivity index (χ2n) is 4.11. The summed E-state index contributed by atoms with van der Waals surface area (Å²) in [4.78, 5) is 18.1. The topological polar surface area (TPSA) is 26.8 Å². The number of likely N-dealkylation sites (N-methyl/N-ethyl adjacent to an activating group) is 3. The first-order chi connectivity index (χ1) is 6.56. The Kier molecular flexibility index (Phi) is 3.89. The van der Waals surface area contributed by atoms with Gasteiger partial charge in [-0.3, -0.25) is 9.69 Å². The highest BCUT2D eigenvalue weighted by molar-refractivity contribution is 5.82. The third kappa shape index (κ3) is 2.45. The Morgan fingerprint density at radius 1 is 1.43 bits per heavy atom. The largest absolute Gasteiger partial charge is 0.345 e. The van der Waals surface area contributed by atoms with Gasteiger partial charge in [0, 0.05) is 33.2 Å². The quantitative estimate of drug-likeness (QED) is 0.611. The molecule has 0 saturated carbocycles. The van der Waals surface area contributed by atoms with Gasteiger partial charge in [0.25, 0.3) is 0 Å².